The second-order valence-electron chi connectivity index (χ2n) is 4.13. The minimum absolute atomic E-state index is 0.103. The van der Waals surface area contributed by atoms with Crippen molar-refractivity contribution in [3.05, 3.63) is 0 Å². The molecular weight excluding hydrogens is 166 g/mol. The number of hydrogen-bond acceptors (Lipinski definition) is 3. The second kappa shape index (κ2) is 4.07. The Morgan fingerprint density at radius 3 is 2.77 bits per heavy atom. The molecule has 1 fully saturated rings. The fraction of sp³-hybridized carbons (Fsp3) is 0.889. The van der Waals surface area contributed by atoms with Crippen molar-refractivity contribution < 1.29 is 4.79 Å². The van der Waals surface area contributed by atoms with Gasteiger partial charge >= 0.3 is 0 Å². The molecule has 1 aliphatic heterocycles. The van der Waals surface area contributed by atoms with Gasteiger partial charge in [-0.25, -0.2) is 0 Å². The molecule has 1 amide bonds. The Kier molecular flexibility index (Phi) is 3.27. The number of amides is 1. The van der Waals surface area contributed by atoms with Crippen LogP contribution in [0.5, 0.6) is 0 Å². The summed E-state index contributed by atoms with van der Waals surface area (Å²) in [6.07, 6.45) is 1.09. The van der Waals surface area contributed by atoms with Gasteiger partial charge in [0.05, 0.1) is 6.54 Å². The molecule has 1 aliphatic rings. The first-order valence-electron chi connectivity index (χ1n) is 4.69. The van der Waals surface area contributed by atoms with Gasteiger partial charge in [0.1, 0.15) is 0 Å². The summed E-state index contributed by atoms with van der Waals surface area (Å²) in [5.41, 5.74) is 0.103. The summed E-state index contributed by atoms with van der Waals surface area (Å²) in [5, 5.41) is 6.56. The zero-order chi connectivity index (χ0) is 9.90. The topological polar surface area (TPSA) is 44.4 Å². The van der Waals surface area contributed by atoms with Crippen molar-refractivity contribution in [3.8, 4) is 0 Å². The smallest absolute Gasteiger partial charge is 0.236 e. The van der Waals surface area contributed by atoms with E-state index in [-0.39, 0.29) is 11.4 Å². The van der Waals surface area contributed by atoms with Gasteiger partial charge in [-0.2, -0.15) is 0 Å². The molecule has 1 atom stereocenters. The van der Waals surface area contributed by atoms with E-state index in [2.05, 4.69) is 17.6 Å². The van der Waals surface area contributed by atoms with Crippen LogP contribution in [0.4, 0.5) is 0 Å². The number of hydrogen-bond donors (Lipinski definition) is 2. The summed E-state index contributed by atoms with van der Waals surface area (Å²) >= 11 is 0. The van der Waals surface area contributed by atoms with Crippen LogP contribution in [-0.4, -0.2) is 50.1 Å². The zero-order valence-corrected chi connectivity index (χ0v) is 8.68. The van der Waals surface area contributed by atoms with Gasteiger partial charge in [-0.1, -0.05) is 0 Å². The SMILES string of the molecule is CN(C)C(=O)CNC1(C)CCNC1. The number of nitrogens with one attached hydrogen (secondary N) is 2. The fourth-order valence-electron chi connectivity index (χ4n) is 1.41. The molecule has 0 aromatic heterocycles. The van der Waals surface area contributed by atoms with Gasteiger partial charge in [0.2, 0.25) is 5.91 Å². The average Bonchev–Trinajstić information content (AvgIpc) is 2.48. The molecule has 1 saturated heterocycles. The predicted octanol–water partition coefficient (Wildman–Crippen LogP) is -0.584. The molecule has 2 N–H and O–H groups in total. The van der Waals surface area contributed by atoms with Crippen LogP contribution >= 0.6 is 0 Å². The Bertz CT molecular complexity index is 185. The van der Waals surface area contributed by atoms with Crippen LogP contribution in [0.2, 0.25) is 0 Å². The van der Waals surface area contributed by atoms with E-state index in [1.165, 1.54) is 0 Å². The third kappa shape index (κ3) is 2.97. The van der Waals surface area contributed by atoms with Crippen LogP contribution in [0.15, 0.2) is 0 Å². The molecule has 13 heavy (non-hydrogen) atoms. The van der Waals surface area contributed by atoms with E-state index in [0.29, 0.717) is 6.54 Å². The minimum atomic E-state index is 0.103. The summed E-state index contributed by atoms with van der Waals surface area (Å²) in [6.45, 7) is 4.58. The highest BCUT2D eigenvalue weighted by Gasteiger charge is 2.28. The maximum Gasteiger partial charge on any atom is 0.236 e. The van der Waals surface area contributed by atoms with Crippen LogP contribution in [0.1, 0.15) is 13.3 Å². The zero-order valence-electron chi connectivity index (χ0n) is 8.68. The van der Waals surface area contributed by atoms with E-state index in [1.807, 2.05) is 0 Å². The average molecular weight is 185 g/mol. The Labute approximate surface area is 79.7 Å². The summed E-state index contributed by atoms with van der Waals surface area (Å²) in [5.74, 6) is 0.133. The van der Waals surface area contributed by atoms with Gasteiger partial charge in [-0.3, -0.25) is 4.79 Å². The quantitative estimate of drug-likeness (QED) is 0.618. The van der Waals surface area contributed by atoms with Gasteiger partial charge in [-0.05, 0) is 19.9 Å². The van der Waals surface area contributed by atoms with E-state index in [0.717, 1.165) is 19.5 Å². The molecule has 0 bridgehead atoms. The highest BCUT2D eigenvalue weighted by atomic mass is 16.2. The van der Waals surface area contributed by atoms with Gasteiger partial charge in [-0.15, -0.1) is 0 Å². The van der Waals surface area contributed by atoms with E-state index in [9.17, 15) is 4.79 Å². The van der Waals surface area contributed by atoms with E-state index in [1.54, 1.807) is 19.0 Å². The van der Waals surface area contributed by atoms with Crippen LogP contribution < -0.4 is 10.6 Å². The van der Waals surface area contributed by atoms with E-state index >= 15 is 0 Å². The van der Waals surface area contributed by atoms with Crippen molar-refractivity contribution in [2.75, 3.05) is 33.7 Å². The Balaban J connectivity index is 2.29. The van der Waals surface area contributed by atoms with Gasteiger partial charge in [0.25, 0.3) is 0 Å². The lowest BCUT2D eigenvalue weighted by molar-refractivity contribution is -0.128. The molecule has 0 saturated carbocycles. The van der Waals surface area contributed by atoms with Crippen LogP contribution in [0.3, 0.4) is 0 Å². The van der Waals surface area contributed by atoms with Crippen molar-refractivity contribution >= 4 is 5.91 Å². The summed E-state index contributed by atoms with van der Waals surface area (Å²) in [7, 11) is 3.55. The maximum atomic E-state index is 11.3. The summed E-state index contributed by atoms with van der Waals surface area (Å²) in [6, 6.07) is 0. The molecule has 1 rings (SSSR count). The molecule has 0 spiro atoms. The lowest BCUT2D eigenvalue weighted by Crippen LogP contribution is -2.48. The highest BCUT2D eigenvalue weighted by Crippen LogP contribution is 2.12. The Morgan fingerprint density at radius 1 is 1.62 bits per heavy atom. The largest absolute Gasteiger partial charge is 0.348 e. The molecule has 0 aromatic rings. The second-order valence-corrected chi connectivity index (χ2v) is 4.13. The van der Waals surface area contributed by atoms with Gasteiger partial charge in [0, 0.05) is 26.2 Å². The summed E-state index contributed by atoms with van der Waals surface area (Å²) < 4.78 is 0. The third-order valence-electron chi connectivity index (χ3n) is 2.53. The van der Waals surface area contributed by atoms with Crippen molar-refractivity contribution in [1.29, 1.82) is 0 Å². The standard InChI is InChI=1S/C9H19N3O/c1-9(4-5-10-7-9)11-6-8(13)12(2)3/h10-11H,4-7H2,1-3H3. The molecular formula is C9H19N3O. The maximum absolute atomic E-state index is 11.3. The Morgan fingerprint density at radius 2 is 2.31 bits per heavy atom. The molecule has 1 heterocycles. The van der Waals surface area contributed by atoms with Crippen molar-refractivity contribution in [3.63, 3.8) is 0 Å². The lowest BCUT2D eigenvalue weighted by atomic mass is 10.0. The monoisotopic (exact) mass is 185 g/mol. The first-order valence-corrected chi connectivity index (χ1v) is 4.69. The predicted molar refractivity (Wildman–Crippen MR) is 52.6 cm³/mol. The van der Waals surface area contributed by atoms with Gasteiger partial charge < -0.3 is 15.5 Å². The normalized spacial score (nSPS) is 27.6. The minimum Gasteiger partial charge on any atom is -0.348 e. The van der Waals surface area contributed by atoms with Gasteiger partial charge in [0.15, 0.2) is 0 Å². The number of nitrogens with zero attached hydrogens (tertiary/aromatic N) is 1. The first kappa shape index (κ1) is 10.5. The van der Waals surface area contributed by atoms with Crippen molar-refractivity contribution in [2.45, 2.75) is 18.9 Å². The number of likely N-dealkylation sites (N-methyl/N-ethyl adjacent to an activating group) is 1. The first-order chi connectivity index (χ1) is 6.03. The molecule has 1 unspecified atom stereocenters. The highest BCUT2D eigenvalue weighted by molar-refractivity contribution is 5.77. The summed E-state index contributed by atoms with van der Waals surface area (Å²) in [4.78, 5) is 12.9. The third-order valence-corrected chi connectivity index (χ3v) is 2.53. The molecule has 0 aliphatic carbocycles. The van der Waals surface area contributed by atoms with E-state index < -0.39 is 0 Å². The van der Waals surface area contributed by atoms with Crippen molar-refractivity contribution in [1.82, 2.24) is 15.5 Å². The van der Waals surface area contributed by atoms with Crippen LogP contribution in [-0.2, 0) is 4.79 Å². The fourth-order valence-corrected chi connectivity index (χ4v) is 1.41. The molecule has 0 aromatic carbocycles. The van der Waals surface area contributed by atoms with Crippen LogP contribution in [0.25, 0.3) is 0 Å². The lowest BCUT2D eigenvalue weighted by Gasteiger charge is -2.25. The Hall–Kier alpha value is -0.610. The number of carbonyl (C=O) groups is 1. The molecule has 76 valence electrons. The van der Waals surface area contributed by atoms with E-state index in [4.69, 9.17) is 0 Å². The van der Waals surface area contributed by atoms with Crippen molar-refractivity contribution in [2.24, 2.45) is 0 Å². The number of rotatable bonds is 3. The molecule has 0 radical (unpaired) electrons. The van der Waals surface area contributed by atoms with Crippen LogP contribution in [0, 0.1) is 0 Å². The molecule has 4 heteroatoms. The number of carbonyl (C=O) groups excluding carboxylic acids is 1. The molecule has 4 nitrogen and oxygen atoms in total.